The fourth-order valence-electron chi connectivity index (χ4n) is 2.91. The van der Waals surface area contributed by atoms with Crippen molar-refractivity contribution in [2.24, 2.45) is 0 Å². The molecule has 0 unspecified atom stereocenters. The number of nitrogens with zero attached hydrogens (tertiary/aromatic N) is 1. The van der Waals surface area contributed by atoms with E-state index in [0.29, 0.717) is 33.4 Å². The molecule has 0 N–H and O–H groups in total. The van der Waals surface area contributed by atoms with Crippen molar-refractivity contribution in [1.29, 1.82) is 0 Å². The van der Waals surface area contributed by atoms with Crippen LogP contribution in [-0.4, -0.2) is 4.92 Å². The van der Waals surface area contributed by atoms with Gasteiger partial charge in [-0.25, -0.2) is 0 Å². The maximum Gasteiger partial charge on any atom is 0.291 e. The molecular formula is C21H14ClNO4. The minimum Gasteiger partial charge on any atom is -0.474 e. The fraction of sp³-hybridized carbons (Fsp3) is 0.0476. The van der Waals surface area contributed by atoms with Crippen LogP contribution >= 0.6 is 11.6 Å². The van der Waals surface area contributed by atoms with Gasteiger partial charge in [0.2, 0.25) is 6.10 Å². The molecule has 1 aliphatic rings. The van der Waals surface area contributed by atoms with E-state index in [4.69, 9.17) is 21.1 Å². The molecule has 27 heavy (non-hydrogen) atoms. The number of hydrogen-bond acceptors (Lipinski definition) is 4. The zero-order valence-corrected chi connectivity index (χ0v) is 14.8. The second kappa shape index (κ2) is 7.13. The van der Waals surface area contributed by atoms with E-state index < -0.39 is 11.0 Å². The maximum absolute atomic E-state index is 11.6. The van der Waals surface area contributed by atoms with Crippen LogP contribution < -0.4 is 9.47 Å². The van der Waals surface area contributed by atoms with Gasteiger partial charge in [-0.15, -0.1) is 0 Å². The summed E-state index contributed by atoms with van der Waals surface area (Å²) in [5, 5.41) is 12.1. The molecule has 0 saturated heterocycles. The highest BCUT2D eigenvalue weighted by Gasteiger charge is 2.33. The van der Waals surface area contributed by atoms with Crippen LogP contribution in [0.5, 0.6) is 17.2 Å². The number of fused-ring (bicyclic) bond motifs is 1. The molecule has 134 valence electrons. The van der Waals surface area contributed by atoms with E-state index in [0.717, 1.165) is 0 Å². The summed E-state index contributed by atoms with van der Waals surface area (Å²) in [5.74, 6) is 1.81. The number of nitro groups is 1. The first kappa shape index (κ1) is 17.1. The predicted octanol–water partition coefficient (Wildman–Crippen LogP) is 5.88. The van der Waals surface area contributed by atoms with Crippen molar-refractivity contribution in [1.82, 2.24) is 0 Å². The third-order valence-electron chi connectivity index (χ3n) is 4.14. The minimum atomic E-state index is -0.840. The number of rotatable bonds is 4. The van der Waals surface area contributed by atoms with E-state index in [1.54, 1.807) is 42.5 Å². The average molecular weight is 380 g/mol. The normalized spacial score (nSPS) is 15.3. The lowest BCUT2D eigenvalue weighted by Crippen LogP contribution is -2.19. The standard InChI is InChI=1S/C21H14ClNO4/c22-16-9-10-20-15(11-16)13-19(23(24)25)21(27-20)14-5-4-8-18(12-14)26-17-6-2-1-3-7-17/h1-13,21H/t21-/m0/s1. The Morgan fingerprint density at radius 2 is 1.74 bits per heavy atom. The molecule has 4 rings (SSSR count). The van der Waals surface area contributed by atoms with Gasteiger partial charge in [0.05, 0.1) is 4.92 Å². The van der Waals surface area contributed by atoms with Crippen LogP contribution in [-0.2, 0) is 0 Å². The van der Waals surface area contributed by atoms with Crippen LogP contribution in [0.25, 0.3) is 6.08 Å². The maximum atomic E-state index is 11.6. The quantitative estimate of drug-likeness (QED) is 0.419. The molecule has 3 aromatic rings. The van der Waals surface area contributed by atoms with Crippen molar-refractivity contribution in [3.63, 3.8) is 0 Å². The van der Waals surface area contributed by atoms with Gasteiger partial charge in [-0.1, -0.05) is 41.9 Å². The van der Waals surface area contributed by atoms with E-state index in [1.807, 2.05) is 30.3 Å². The van der Waals surface area contributed by atoms with E-state index in [2.05, 4.69) is 0 Å². The van der Waals surface area contributed by atoms with Crippen molar-refractivity contribution < 1.29 is 14.4 Å². The lowest BCUT2D eigenvalue weighted by atomic mass is 10.0. The van der Waals surface area contributed by atoms with Gasteiger partial charge in [0.25, 0.3) is 5.70 Å². The summed E-state index contributed by atoms with van der Waals surface area (Å²) in [7, 11) is 0. The highest BCUT2D eigenvalue weighted by Crippen LogP contribution is 2.39. The molecule has 3 aromatic carbocycles. The molecule has 6 heteroatoms. The second-order valence-corrected chi connectivity index (χ2v) is 6.43. The third kappa shape index (κ3) is 3.64. The highest BCUT2D eigenvalue weighted by molar-refractivity contribution is 6.30. The highest BCUT2D eigenvalue weighted by atomic mass is 35.5. The molecular weight excluding hydrogens is 366 g/mol. The van der Waals surface area contributed by atoms with Crippen molar-refractivity contribution in [3.05, 3.63) is 105 Å². The second-order valence-electron chi connectivity index (χ2n) is 5.99. The van der Waals surface area contributed by atoms with Gasteiger partial charge in [-0.3, -0.25) is 10.1 Å². The molecule has 0 bridgehead atoms. The number of hydrogen-bond donors (Lipinski definition) is 0. The van der Waals surface area contributed by atoms with Crippen molar-refractivity contribution in [2.75, 3.05) is 0 Å². The lowest BCUT2D eigenvalue weighted by molar-refractivity contribution is -0.434. The Bertz CT molecular complexity index is 1030. The lowest BCUT2D eigenvalue weighted by Gasteiger charge is -2.23. The summed E-state index contributed by atoms with van der Waals surface area (Å²) < 4.78 is 11.8. The van der Waals surface area contributed by atoms with E-state index >= 15 is 0 Å². The smallest absolute Gasteiger partial charge is 0.291 e. The van der Waals surface area contributed by atoms with Gasteiger partial charge in [0.15, 0.2) is 0 Å². The van der Waals surface area contributed by atoms with Crippen LogP contribution in [0, 0.1) is 10.1 Å². The third-order valence-corrected chi connectivity index (χ3v) is 4.37. The molecule has 0 amide bonds. The molecule has 0 aliphatic carbocycles. The molecule has 0 fully saturated rings. The molecule has 0 spiro atoms. The van der Waals surface area contributed by atoms with Crippen LogP contribution in [0.3, 0.4) is 0 Å². The Balaban J connectivity index is 1.69. The zero-order valence-electron chi connectivity index (χ0n) is 14.0. The molecule has 0 aromatic heterocycles. The Kier molecular flexibility index (Phi) is 4.52. The van der Waals surface area contributed by atoms with Crippen LogP contribution in [0.15, 0.2) is 78.5 Å². The van der Waals surface area contributed by atoms with E-state index in [-0.39, 0.29) is 5.70 Å². The van der Waals surface area contributed by atoms with E-state index in [1.165, 1.54) is 6.08 Å². The van der Waals surface area contributed by atoms with Gasteiger partial charge >= 0.3 is 0 Å². The SMILES string of the molecule is O=[N+]([O-])C1=Cc2cc(Cl)ccc2O[C@H]1c1cccc(Oc2ccccc2)c1. The molecule has 5 nitrogen and oxygen atoms in total. The molecule has 1 atom stereocenters. The van der Waals surface area contributed by atoms with Gasteiger partial charge in [0, 0.05) is 22.2 Å². The number of halogens is 1. The predicted molar refractivity (Wildman–Crippen MR) is 103 cm³/mol. The molecule has 0 radical (unpaired) electrons. The summed E-state index contributed by atoms with van der Waals surface area (Å²) in [5.41, 5.74) is 1.16. The van der Waals surface area contributed by atoms with Crippen molar-refractivity contribution >= 4 is 17.7 Å². The summed E-state index contributed by atoms with van der Waals surface area (Å²) >= 11 is 5.98. The Hall–Kier alpha value is -3.31. The zero-order chi connectivity index (χ0) is 18.8. The minimum absolute atomic E-state index is 0.0540. The topological polar surface area (TPSA) is 61.6 Å². The van der Waals surface area contributed by atoms with E-state index in [9.17, 15) is 10.1 Å². The molecule has 1 heterocycles. The van der Waals surface area contributed by atoms with Crippen LogP contribution in [0.1, 0.15) is 17.2 Å². The first-order valence-electron chi connectivity index (χ1n) is 8.25. The van der Waals surface area contributed by atoms with Crippen molar-refractivity contribution in [2.45, 2.75) is 6.10 Å². The number of ether oxygens (including phenoxy) is 2. The van der Waals surface area contributed by atoms with Gasteiger partial charge in [0.1, 0.15) is 17.2 Å². The number of benzene rings is 3. The summed E-state index contributed by atoms with van der Waals surface area (Å²) in [6.07, 6.45) is 0.660. The number of para-hydroxylation sites is 1. The Morgan fingerprint density at radius 3 is 2.52 bits per heavy atom. The summed E-state index contributed by atoms with van der Waals surface area (Å²) in [6.45, 7) is 0. The van der Waals surface area contributed by atoms with Gasteiger partial charge < -0.3 is 9.47 Å². The molecule has 0 saturated carbocycles. The van der Waals surface area contributed by atoms with Gasteiger partial charge in [-0.2, -0.15) is 0 Å². The van der Waals surface area contributed by atoms with Gasteiger partial charge in [-0.05, 0) is 42.5 Å². The fourth-order valence-corrected chi connectivity index (χ4v) is 3.10. The average Bonchev–Trinajstić information content (AvgIpc) is 2.68. The van der Waals surface area contributed by atoms with Crippen LogP contribution in [0.4, 0.5) is 0 Å². The first-order chi connectivity index (χ1) is 13.1. The summed E-state index contributed by atoms with van der Waals surface area (Å²) in [6, 6.07) is 21.5. The first-order valence-corrected chi connectivity index (χ1v) is 8.63. The van der Waals surface area contributed by atoms with Crippen LogP contribution in [0.2, 0.25) is 5.02 Å². The molecule has 1 aliphatic heterocycles. The Morgan fingerprint density at radius 1 is 0.963 bits per heavy atom. The summed E-state index contributed by atoms with van der Waals surface area (Å²) in [4.78, 5) is 11.2. The Labute approximate surface area is 160 Å². The monoisotopic (exact) mass is 379 g/mol. The van der Waals surface area contributed by atoms with Crippen molar-refractivity contribution in [3.8, 4) is 17.2 Å². The largest absolute Gasteiger partial charge is 0.474 e.